The van der Waals surface area contributed by atoms with Crippen LogP contribution in [0.15, 0.2) is 0 Å². The van der Waals surface area contributed by atoms with Gasteiger partial charge >= 0.3 is 5.97 Å². The van der Waals surface area contributed by atoms with Crippen molar-refractivity contribution in [3.05, 3.63) is 0 Å². The van der Waals surface area contributed by atoms with Crippen LogP contribution in [0.5, 0.6) is 0 Å². The van der Waals surface area contributed by atoms with Crippen LogP contribution in [0.2, 0.25) is 0 Å². The lowest BCUT2D eigenvalue weighted by Gasteiger charge is -2.20. The molecule has 0 rings (SSSR count). The molecule has 2 atom stereocenters. The summed E-state index contributed by atoms with van der Waals surface area (Å²) < 4.78 is 29.5. The van der Waals surface area contributed by atoms with Crippen LogP contribution >= 0.6 is 11.8 Å². The number of thioether (sulfide) groups is 1. The molecule has 6 nitrogen and oxygen atoms in total. The van der Waals surface area contributed by atoms with E-state index >= 15 is 0 Å². The van der Waals surface area contributed by atoms with E-state index in [1.165, 1.54) is 11.8 Å². The summed E-state index contributed by atoms with van der Waals surface area (Å²) in [5, 5.41) is 8.73. The number of aliphatic hydroxyl groups is 1. The Hall–Kier alpha value is -0.310. The van der Waals surface area contributed by atoms with Crippen molar-refractivity contribution in [3.63, 3.8) is 0 Å². The number of carbonyl (C=O) groups excluding carboxylic acids is 1. The lowest BCUT2D eigenvalue weighted by molar-refractivity contribution is -0.137. The number of esters is 1. The fourth-order valence-corrected chi connectivity index (χ4v) is 3.01. The second kappa shape index (κ2) is 7.10. The molecule has 0 aliphatic carbocycles. The van der Waals surface area contributed by atoms with Crippen molar-refractivity contribution in [1.82, 2.24) is 4.72 Å². The minimum atomic E-state index is -3.71. The molecule has 96 valence electrons. The van der Waals surface area contributed by atoms with Gasteiger partial charge in [-0.2, -0.15) is 11.8 Å². The Morgan fingerprint density at radius 2 is 2.12 bits per heavy atom. The summed E-state index contributed by atoms with van der Waals surface area (Å²) in [7, 11) is -2.58. The van der Waals surface area contributed by atoms with Gasteiger partial charge in [0, 0.05) is 11.3 Å². The molecule has 0 aromatic rings. The molecule has 0 fully saturated rings. The van der Waals surface area contributed by atoms with Crippen LogP contribution in [0.3, 0.4) is 0 Å². The zero-order valence-electron chi connectivity index (χ0n) is 9.47. The summed E-state index contributed by atoms with van der Waals surface area (Å²) in [5.74, 6) is -1.52. The second-order valence-corrected chi connectivity index (χ2v) is 6.03. The topological polar surface area (TPSA) is 92.7 Å². The molecule has 0 saturated heterocycles. The first-order valence-corrected chi connectivity index (χ1v) is 7.50. The van der Waals surface area contributed by atoms with E-state index in [1.807, 2.05) is 0 Å². The molecule has 2 N–H and O–H groups in total. The van der Waals surface area contributed by atoms with Gasteiger partial charge in [0.1, 0.15) is 0 Å². The van der Waals surface area contributed by atoms with Crippen molar-refractivity contribution in [2.45, 2.75) is 18.2 Å². The molecule has 0 spiro atoms. The number of sulfonamides is 1. The molecule has 8 heteroatoms. The number of nitrogens with one attached hydrogen (secondary N) is 1. The molecule has 0 aromatic carbocycles. The molecule has 0 aliphatic rings. The number of carbonyl (C=O) groups is 1. The van der Waals surface area contributed by atoms with Gasteiger partial charge in [-0.1, -0.05) is 0 Å². The third-order valence-corrected chi connectivity index (χ3v) is 4.45. The maximum Gasteiger partial charge on any atom is 0.322 e. The fraction of sp³-hybridized carbons (Fsp3) is 0.875. The number of hydrogen-bond acceptors (Lipinski definition) is 6. The van der Waals surface area contributed by atoms with Crippen molar-refractivity contribution in [2.75, 3.05) is 25.7 Å². The van der Waals surface area contributed by atoms with Crippen LogP contribution in [0.1, 0.15) is 6.92 Å². The van der Waals surface area contributed by atoms with E-state index in [4.69, 9.17) is 5.11 Å². The quantitative estimate of drug-likeness (QED) is 0.588. The Morgan fingerprint density at radius 1 is 1.56 bits per heavy atom. The normalized spacial score (nSPS) is 15.5. The summed E-state index contributed by atoms with van der Waals surface area (Å²) in [6.07, 6.45) is 1.77. The highest BCUT2D eigenvalue weighted by Crippen LogP contribution is 2.11. The third-order valence-electron chi connectivity index (χ3n) is 1.94. The number of ether oxygens (including phenoxy) is 1. The summed E-state index contributed by atoms with van der Waals surface area (Å²) in [6, 6.07) is -0.449. The van der Waals surface area contributed by atoms with Crippen LogP contribution in [0.4, 0.5) is 0 Å². The molecular weight excluding hydrogens is 254 g/mol. The van der Waals surface area contributed by atoms with E-state index in [-0.39, 0.29) is 11.9 Å². The highest BCUT2D eigenvalue weighted by Gasteiger charge is 2.23. The Balaban J connectivity index is 4.41. The summed E-state index contributed by atoms with van der Waals surface area (Å²) in [6.45, 7) is 1.50. The molecule has 0 radical (unpaired) electrons. The van der Waals surface area contributed by atoms with Crippen LogP contribution in [0, 0.1) is 0 Å². The molecular formula is C8H17NO5S2. The first-order valence-electron chi connectivity index (χ1n) is 4.56. The Bertz CT molecular complexity index is 312. The first-order chi connectivity index (χ1) is 7.36. The molecule has 0 bridgehead atoms. The average Bonchev–Trinajstić information content (AvgIpc) is 2.17. The minimum absolute atomic E-state index is 0.136. The predicted octanol–water partition coefficient (Wildman–Crippen LogP) is -0.809. The number of methoxy groups -OCH3 is 1. The van der Waals surface area contributed by atoms with Crippen molar-refractivity contribution < 1.29 is 23.1 Å². The molecule has 0 aliphatic heterocycles. The Labute approximate surface area is 99.8 Å². The van der Waals surface area contributed by atoms with Crippen LogP contribution in [-0.4, -0.2) is 56.5 Å². The molecule has 2 unspecified atom stereocenters. The van der Waals surface area contributed by atoms with Crippen molar-refractivity contribution in [3.8, 4) is 0 Å². The number of rotatable bonds is 7. The predicted molar refractivity (Wildman–Crippen MR) is 62.8 cm³/mol. The monoisotopic (exact) mass is 271 g/mol. The summed E-state index contributed by atoms with van der Waals surface area (Å²) >= 11 is 1.35. The van der Waals surface area contributed by atoms with E-state index in [0.29, 0.717) is 0 Å². The summed E-state index contributed by atoms with van der Waals surface area (Å²) in [4.78, 5) is 10.8. The number of aliphatic hydroxyl groups excluding tert-OH is 1. The fourth-order valence-electron chi connectivity index (χ4n) is 1.05. The highest BCUT2D eigenvalue weighted by molar-refractivity contribution is 7.99. The first kappa shape index (κ1) is 15.7. The smallest absolute Gasteiger partial charge is 0.322 e. The Morgan fingerprint density at radius 3 is 2.50 bits per heavy atom. The van der Waals surface area contributed by atoms with Gasteiger partial charge in [-0.3, -0.25) is 4.79 Å². The second-order valence-electron chi connectivity index (χ2n) is 3.20. The largest absolute Gasteiger partial charge is 0.468 e. The maximum absolute atomic E-state index is 11.4. The Kier molecular flexibility index (Phi) is 6.96. The van der Waals surface area contributed by atoms with Gasteiger partial charge in [0.15, 0.2) is 5.75 Å². The van der Waals surface area contributed by atoms with Gasteiger partial charge in [0.05, 0.1) is 13.7 Å². The van der Waals surface area contributed by atoms with Gasteiger partial charge in [-0.25, -0.2) is 13.1 Å². The van der Waals surface area contributed by atoms with E-state index in [2.05, 4.69) is 9.46 Å². The zero-order valence-corrected chi connectivity index (χ0v) is 11.1. The van der Waals surface area contributed by atoms with Gasteiger partial charge < -0.3 is 9.84 Å². The lowest BCUT2D eigenvalue weighted by atomic mass is 10.3. The standard InChI is InChI=1S/C8H17NO5S2/c1-6(7(4-10)15-3)9-16(12,13)5-8(11)14-2/h6-7,9-10H,4-5H2,1-3H3. The van der Waals surface area contributed by atoms with E-state index in [1.54, 1.807) is 13.2 Å². The third kappa shape index (κ3) is 5.69. The van der Waals surface area contributed by atoms with Crippen molar-refractivity contribution >= 4 is 27.8 Å². The van der Waals surface area contributed by atoms with Gasteiger partial charge in [-0.05, 0) is 13.2 Å². The van der Waals surface area contributed by atoms with Gasteiger partial charge in [0.2, 0.25) is 10.0 Å². The summed E-state index contributed by atoms with van der Waals surface area (Å²) in [5.41, 5.74) is 0. The van der Waals surface area contributed by atoms with Crippen LogP contribution in [0.25, 0.3) is 0 Å². The van der Waals surface area contributed by atoms with E-state index < -0.39 is 27.8 Å². The van der Waals surface area contributed by atoms with Crippen LogP contribution < -0.4 is 4.72 Å². The molecule has 0 amide bonds. The average molecular weight is 271 g/mol. The molecule has 0 heterocycles. The SMILES string of the molecule is COC(=O)CS(=O)(=O)NC(C)C(CO)SC. The number of hydrogen-bond donors (Lipinski definition) is 2. The van der Waals surface area contributed by atoms with Gasteiger partial charge in [0.25, 0.3) is 0 Å². The lowest BCUT2D eigenvalue weighted by Crippen LogP contribution is -2.43. The van der Waals surface area contributed by atoms with Gasteiger partial charge in [-0.15, -0.1) is 0 Å². The maximum atomic E-state index is 11.4. The highest BCUT2D eigenvalue weighted by atomic mass is 32.2. The van der Waals surface area contributed by atoms with E-state index in [0.717, 1.165) is 7.11 Å². The van der Waals surface area contributed by atoms with Crippen molar-refractivity contribution in [1.29, 1.82) is 0 Å². The minimum Gasteiger partial charge on any atom is -0.468 e. The molecule has 0 aromatic heterocycles. The van der Waals surface area contributed by atoms with Crippen LogP contribution in [-0.2, 0) is 19.6 Å². The van der Waals surface area contributed by atoms with E-state index in [9.17, 15) is 13.2 Å². The molecule has 0 saturated carbocycles. The van der Waals surface area contributed by atoms with Crippen molar-refractivity contribution in [2.24, 2.45) is 0 Å². The zero-order chi connectivity index (χ0) is 12.8. The molecule has 16 heavy (non-hydrogen) atoms.